The van der Waals surface area contributed by atoms with Crippen LogP contribution in [0.3, 0.4) is 0 Å². The first-order chi connectivity index (χ1) is 5.36. The summed E-state index contributed by atoms with van der Waals surface area (Å²) in [5, 5.41) is 0.511. The number of imidazole rings is 1. The molecule has 1 aliphatic heterocycles. The lowest BCUT2D eigenvalue weighted by Gasteiger charge is -2.02. The van der Waals surface area contributed by atoms with Crippen LogP contribution >= 0.6 is 23.4 Å². The van der Waals surface area contributed by atoms with E-state index in [0.29, 0.717) is 11.2 Å². The Hall–Kier alpha value is -0.150. The van der Waals surface area contributed by atoms with E-state index in [4.69, 9.17) is 11.6 Å². The molecule has 0 spiro atoms. The van der Waals surface area contributed by atoms with E-state index in [1.807, 2.05) is 18.0 Å². The van der Waals surface area contributed by atoms with Crippen molar-refractivity contribution >= 4 is 23.4 Å². The van der Waals surface area contributed by atoms with Gasteiger partial charge in [-0.3, -0.25) is 0 Å². The van der Waals surface area contributed by atoms with Gasteiger partial charge in [-0.25, -0.2) is 4.98 Å². The normalized spacial score (nSPS) is 24.3. The third-order valence-electron chi connectivity index (χ3n) is 1.93. The molecule has 1 aliphatic rings. The van der Waals surface area contributed by atoms with Gasteiger partial charge in [0, 0.05) is 23.6 Å². The van der Waals surface area contributed by atoms with Gasteiger partial charge in [0.05, 0.1) is 0 Å². The van der Waals surface area contributed by atoms with Crippen LogP contribution in [-0.4, -0.2) is 21.5 Å². The standard InChI is InChI=1S/C7H9ClN2S/c8-7-9-3-6(10-7)5-1-2-11-4-5/h3,5H,1-2,4H2,(H,9,10). The monoisotopic (exact) mass is 188 g/mol. The molecule has 11 heavy (non-hydrogen) atoms. The summed E-state index contributed by atoms with van der Waals surface area (Å²) in [6.45, 7) is 0. The lowest BCUT2D eigenvalue weighted by atomic mass is 10.1. The summed E-state index contributed by atoms with van der Waals surface area (Å²) in [4.78, 5) is 7.02. The summed E-state index contributed by atoms with van der Waals surface area (Å²) in [6.07, 6.45) is 3.10. The first-order valence-electron chi connectivity index (χ1n) is 3.64. The zero-order valence-corrected chi connectivity index (χ0v) is 7.58. The van der Waals surface area contributed by atoms with Crippen molar-refractivity contribution in [3.63, 3.8) is 0 Å². The number of H-pyrrole nitrogens is 1. The van der Waals surface area contributed by atoms with Gasteiger partial charge in [0.25, 0.3) is 0 Å². The molecule has 0 aliphatic carbocycles. The van der Waals surface area contributed by atoms with E-state index in [1.165, 1.54) is 23.6 Å². The molecule has 0 saturated carbocycles. The largest absolute Gasteiger partial charge is 0.332 e. The van der Waals surface area contributed by atoms with Crippen molar-refractivity contribution in [2.24, 2.45) is 0 Å². The van der Waals surface area contributed by atoms with Crippen LogP contribution in [-0.2, 0) is 0 Å². The fourth-order valence-corrected chi connectivity index (χ4v) is 2.70. The molecule has 0 radical (unpaired) electrons. The van der Waals surface area contributed by atoms with Crippen LogP contribution in [0.25, 0.3) is 0 Å². The van der Waals surface area contributed by atoms with Crippen LogP contribution in [0.4, 0.5) is 0 Å². The summed E-state index contributed by atoms with van der Waals surface area (Å²) < 4.78 is 0. The van der Waals surface area contributed by atoms with Crippen molar-refractivity contribution in [2.75, 3.05) is 11.5 Å². The summed E-state index contributed by atoms with van der Waals surface area (Å²) in [5.74, 6) is 3.12. The number of rotatable bonds is 1. The van der Waals surface area contributed by atoms with E-state index >= 15 is 0 Å². The Morgan fingerprint density at radius 1 is 1.73 bits per heavy atom. The number of nitrogens with zero attached hydrogens (tertiary/aromatic N) is 1. The topological polar surface area (TPSA) is 28.7 Å². The van der Waals surface area contributed by atoms with E-state index in [2.05, 4.69) is 9.97 Å². The Bertz CT molecular complexity index is 242. The molecule has 2 heterocycles. The van der Waals surface area contributed by atoms with Gasteiger partial charge in [0.1, 0.15) is 0 Å². The minimum atomic E-state index is 0.511. The molecule has 0 bridgehead atoms. The van der Waals surface area contributed by atoms with Crippen molar-refractivity contribution < 1.29 is 0 Å². The number of aromatic nitrogens is 2. The van der Waals surface area contributed by atoms with Gasteiger partial charge in [-0.2, -0.15) is 11.8 Å². The lowest BCUT2D eigenvalue weighted by Crippen LogP contribution is -1.95. The molecule has 0 aromatic carbocycles. The van der Waals surface area contributed by atoms with Gasteiger partial charge in [-0.1, -0.05) is 0 Å². The fourth-order valence-electron chi connectivity index (χ4n) is 1.30. The highest BCUT2D eigenvalue weighted by Crippen LogP contribution is 2.31. The summed E-state index contributed by atoms with van der Waals surface area (Å²) in [7, 11) is 0. The number of nitrogens with one attached hydrogen (secondary N) is 1. The molecule has 60 valence electrons. The van der Waals surface area contributed by atoms with Crippen molar-refractivity contribution in [3.05, 3.63) is 17.2 Å². The van der Waals surface area contributed by atoms with E-state index in [0.717, 1.165) is 0 Å². The Kier molecular flexibility index (Phi) is 2.09. The molecule has 4 heteroatoms. The van der Waals surface area contributed by atoms with Crippen molar-refractivity contribution in [1.29, 1.82) is 0 Å². The van der Waals surface area contributed by atoms with Crippen LogP contribution in [0, 0.1) is 0 Å². The SMILES string of the molecule is Clc1ncc(C2CCSC2)[nH]1. The molecular formula is C7H9ClN2S. The molecule has 1 fully saturated rings. The second-order valence-corrected chi connectivity index (χ2v) is 4.20. The second-order valence-electron chi connectivity index (χ2n) is 2.69. The first-order valence-corrected chi connectivity index (χ1v) is 5.17. The summed E-state index contributed by atoms with van der Waals surface area (Å²) >= 11 is 7.66. The lowest BCUT2D eigenvalue weighted by molar-refractivity contribution is 0.758. The molecule has 0 amide bonds. The second kappa shape index (κ2) is 3.07. The van der Waals surface area contributed by atoms with Crippen LogP contribution in [0.2, 0.25) is 5.28 Å². The van der Waals surface area contributed by atoms with E-state index in [-0.39, 0.29) is 0 Å². The highest BCUT2D eigenvalue weighted by Gasteiger charge is 2.18. The zero-order chi connectivity index (χ0) is 7.68. The Balaban J connectivity index is 2.15. The van der Waals surface area contributed by atoms with Crippen LogP contribution < -0.4 is 0 Å². The maximum Gasteiger partial charge on any atom is 0.200 e. The van der Waals surface area contributed by atoms with Crippen LogP contribution in [0.5, 0.6) is 0 Å². The van der Waals surface area contributed by atoms with Gasteiger partial charge >= 0.3 is 0 Å². The average molecular weight is 189 g/mol. The number of hydrogen-bond acceptors (Lipinski definition) is 2. The van der Waals surface area contributed by atoms with Gasteiger partial charge in [-0.05, 0) is 23.8 Å². The van der Waals surface area contributed by atoms with Gasteiger partial charge in [0.15, 0.2) is 5.28 Å². The maximum atomic E-state index is 5.67. The summed E-state index contributed by atoms with van der Waals surface area (Å²) in [6, 6.07) is 0. The molecule has 2 rings (SSSR count). The minimum Gasteiger partial charge on any atom is -0.332 e. The molecule has 1 saturated heterocycles. The quantitative estimate of drug-likeness (QED) is 0.733. The van der Waals surface area contributed by atoms with E-state index < -0.39 is 0 Å². The van der Waals surface area contributed by atoms with Crippen molar-refractivity contribution in [3.8, 4) is 0 Å². The molecule has 1 N–H and O–H groups in total. The number of aromatic amines is 1. The third-order valence-corrected chi connectivity index (χ3v) is 3.29. The number of halogens is 1. The molecule has 1 unspecified atom stereocenters. The number of thioether (sulfide) groups is 1. The average Bonchev–Trinajstić information content (AvgIpc) is 2.55. The highest BCUT2D eigenvalue weighted by atomic mass is 35.5. The Morgan fingerprint density at radius 3 is 3.18 bits per heavy atom. The predicted molar refractivity (Wildman–Crippen MR) is 48.3 cm³/mol. The molecular weight excluding hydrogens is 180 g/mol. The molecule has 2 nitrogen and oxygen atoms in total. The maximum absolute atomic E-state index is 5.67. The third kappa shape index (κ3) is 1.54. The molecule has 1 aromatic heterocycles. The summed E-state index contributed by atoms with van der Waals surface area (Å²) in [5.41, 5.74) is 1.19. The Labute approximate surface area is 74.7 Å². The van der Waals surface area contributed by atoms with Crippen LogP contribution in [0.15, 0.2) is 6.20 Å². The zero-order valence-electron chi connectivity index (χ0n) is 6.01. The Morgan fingerprint density at radius 2 is 2.64 bits per heavy atom. The van der Waals surface area contributed by atoms with E-state index in [9.17, 15) is 0 Å². The predicted octanol–water partition coefficient (Wildman–Crippen LogP) is 2.28. The van der Waals surface area contributed by atoms with Gasteiger partial charge in [0.2, 0.25) is 0 Å². The van der Waals surface area contributed by atoms with E-state index in [1.54, 1.807) is 0 Å². The van der Waals surface area contributed by atoms with Gasteiger partial charge < -0.3 is 4.98 Å². The van der Waals surface area contributed by atoms with Crippen molar-refractivity contribution in [1.82, 2.24) is 9.97 Å². The molecule has 1 atom stereocenters. The van der Waals surface area contributed by atoms with Crippen molar-refractivity contribution in [2.45, 2.75) is 12.3 Å². The van der Waals surface area contributed by atoms with Gasteiger partial charge in [-0.15, -0.1) is 0 Å². The van der Waals surface area contributed by atoms with Crippen LogP contribution in [0.1, 0.15) is 18.0 Å². The minimum absolute atomic E-state index is 0.511. The number of hydrogen-bond donors (Lipinski definition) is 1. The first kappa shape index (κ1) is 7.50. The highest BCUT2D eigenvalue weighted by molar-refractivity contribution is 7.99. The molecule has 1 aromatic rings. The smallest absolute Gasteiger partial charge is 0.200 e. The fraction of sp³-hybridized carbons (Fsp3) is 0.571.